The van der Waals surface area contributed by atoms with E-state index in [9.17, 15) is 8.42 Å². The number of nitrogens with zero attached hydrogens (tertiary/aromatic N) is 1. The van der Waals surface area contributed by atoms with Gasteiger partial charge in [0.2, 0.25) is 0 Å². The molecule has 6 heteroatoms. The van der Waals surface area contributed by atoms with Crippen molar-refractivity contribution < 1.29 is 8.42 Å². The van der Waals surface area contributed by atoms with Gasteiger partial charge < -0.3 is 0 Å². The lowest BCUT2D eigenvalue weighted by molar-refractivity contribution is 0.589. The van der Waals surface area contributed by atoms with Crippen LogP contribution in [0.5, 0.6) is 0 Å². The minimum atomic E-state index is -3.88. The highest BCUT2D eigenvalue weighted by Crippen LogP contribution is 2.41. The van der Waals surface area contributed by atoms with Crippen LogP contribution in [0.15, 0.2) is 78.2 Å². The summed E-state index contributed by atoms with van der Waals surface area (Å²) in [5.74, 6) is 0. The molecule has 4 aromatic rings. The molecule has 0 amide bonds. The van der Waals surface area contributed by atoms with Gasteiger partial charge in [0.05, 0.1) is 16.1 Å². The van der Waals surface area contributed by atoms with E-state index in [1.165, 1.54) is 10.0 Å². The van der Waals surface area contributed by atoms with Crippen molar-refractivity contribution in [2.75, 3.05) is 0 Å². The Labute approximate surface area is 179 Å². The first kappa shape index (κ1) is 19.8. The highest BCUT2D eigenvalue weighted by atomic mass is 35.5. The first-order chi connectivity index (χ1) is 13.8. The topological polar surface area (TPSA) is 39.1 Å². The standard InChI is InChI=1S/C23H17Cl2NO2S/c1-3-21-23(18-6-4-5-7-20(18)25)19-14-16(24)10-13-22(19)26(21)29(27,28)17-11-8-15(2)9-12-17/h3-14H,1H2,2H3. The minimum absolute atomic E-state index is 0.198. The van der Waals surface area contributed by atoms with Gasteiger partial charge in [-0.2, -0.15) is 0 Å². The molecule has 1 heterocycles. The molecule has 1 aromatic heterocycles. The van der Waals surface area contributed by atoms with Gasteiger partial charge >= 0.3 is 0 Å². The monoisotopic (exact) mass is 441 g/mol. The third kappa shape index (κ3) is 3.27. The number of aryl methyl sites for hydroxylation is 1. The highest BCUT2D eigenvalue weighted by molar-refractivity contribution is 7.90. The Kier molecular flexibility index (Phi) is 5.03. The molecular formula is C23H17Cl2NO2S. The van der Waals surface area contributed by atoms with Crippen LogP contribution in [0.2, 0.25) is 10.0 Å². The van der Waals surface area contributed by atoms with Crippen molar-refractivity contribution in [1.29, 1.82) is 0 Å². The van der Waals surface area contributed by atoms with E-state index >= 15 is 0 Å². The fraction of sp³-hybridized carbons (Fsp3) is 0.0435. The maximum atomic E-state index is 13.6. The highest BCUT2D eigenvalue weighted by Gasteiger charge is 2.27. The molecule has 0 saturated heterocycles. The average Bonchev–Trinajstić information content (AvgIpc) is 3.02. The molecule has 29 heavy (non-hydrogen) atoms. The molecular weight excluding hydrogens is 425 g/mol. The average molecular weight is 442 g/mol. The van der Waals surface area contributed by atoms with Gasteiger partial charge in [0, 0.05) is 26.6 Å². The zero-order valence-corrected chi connectivity index (χ0v) is 17.9. The van der Waals surface area contributed by atoms with Crippen molar-refractivity contribution in [3.8, 4) is 11.1 Å². The zero-order chi connectivity index (χ0) is 20.8. The number of benzene rings is 3. The van der Waals surface area contributed by atoms with Crippen LogP contribution in [0, 0.1) is 6.92 Å². The Morgan fingerprint density at radius 1 is 0.966 bits per heavy atom. The molecule has 0 atom stereocenters. The van der Waals surface area contributed by atoms with E-state index in [1.807, 2.05) is 25.1 Å². The lowest BCUT2D eigenvalue weighted by Gasteiger charge is -2.11. The van der Waals surface area contributed by atoms with Crippen LogP contribution in [0.1, 0.15) is 11.3 Å². The number of rotatable bonds is 4. The molecule has 3 aromatic carbocycles. The lowest BCUT2D eigenvalue weighted by Crippen LogP contribution is -2.14. The summed E-state index contributed by atoms with van der Waals surface area (Å²) in [5, 5.41) is 1.71. The number of aromatic nitrogens is 1. The van der Waals surface area contributed by atoms with Crippen LogP contribution >= 0.6 is 23.2 Å². The normalized spacial score (nSPS) is 11.7. The molecule has 0 bridgehead atoms. The van der Waals surface area contributed by atoms with Crippen molar-refractivity contribution in [3.63, 3.8) is 0 Å². The van der Waals surface area contributed by atoms with Crippen LogP contribution in [0.25, 0.3) is 28.1 Å². The maximum absolute atomic E-state index is 13.6. The van der Waals surface area contributed by atoms with Crippen molar-refractivity contribution in [2.45, 2.75) is 11.8 Å². The second-order valence-electron chi connectivity index (χ2n) is 6.69. The van der Waals surface area contributed by atoms with Gasteiger partial charge in [-0.1, -0.05) is 65.7 Å². The Bertz CT molecular complexity index is 1350. The summed E-state index contributed by atoms with van der Waals surface area (Å²) in [7, 11) is -3.88. The number of fused-ring (bicyclic) bond motifs is 1. The van der Waals surface area contributed by atoms with Crippen molar-refractivity contribution >= 4 is 50.2 Å². The largest absolute Gasteiger partial charge is 0.268 e. The van der Waals surface area contributed by atoms with Gasteiger partial charge in [0.1, 0.15) is 0 Å². The van der Waals surface area contributed by atoms with E-state index in [4.69, 9.17) is 23.2 Å². The van der Waals surface area contributed by atoms with Gasteiger partial charge in [-0.3, -0.25) is 0 Å². The second kappa shape index (κ2) is 7.38. The summed E-state index contributed by atoms with van der Waals surface area (Å²) in [6.45, 7) is 5.80. The second-order valence-corrected chi connectivity index (χ2v) is 9.32. The summed E-state index contributed by atoms with van der Waals surface area (Å²) >= 11 is 12.7. The molecule has 4 rings (SSSR count). The van der Waals surface area contributed by atoms with E-state index < -0.39 is 10.0 Å². The number of halogens is 2. The fourth-order valence-electron chi connectivity index (χ4n) is 3.46. The third-order valence-corrected chi connectivity index (χ3v) is 7.12. The lowest BCUT2D eigenvalue weighted by atomic mass is 10.0. The van der Waals surface area contributed by atoms with Crippen LogP contribution in [0.4, 0.5) is 0 Å². The maximum Gasteiger partial charge on any atom is 0.268 e. The Morgan fingerprint density at radius 3 is 2.31 bits per heavy atom. The van der Waals surface area contributed by atoms with Crippen molar-refractivity contribution in [1.82, 2.24) is 3.97 Å². The van der Waals surface area contributed by atoms with E-state index in [0.29, 0.717) is 37.8 Å². The minimum Gasteiger partial charge on any atom is -0.233 e. The molecule has 0 aliphatic heterocycles. The molecule has 146 valence electrons. The van der Waals surface area contributed by atoms with E-state index in [0.717, 1.165) is 5.56 Å². The first-order valence-corrected chi connectivity index (χ1v) is 11.1. The van der Waals surface area contributed by atoms with Crippen molar-refractivity contribution in [2.24, 2.45) is 0 Å². The summed E-state index contributed by atoms with van der Waals surface area (Å²) in [6.07, 6.45) is 1.54. The summed E-state index contributed by atoms with van der Waals surface area (Å²) in [4.78, 5) is 0.198. The molecule has 0 aliphatic carbocycles. The van der Waals surface area contributed by atoms with Gasteiger partial charge in [-0.05, 0) is 49.4 Å². The molecule has 0 radical (unpaired) electrons. The van der Waals surface area contributed by atoms with Crippen molar-refractivity contribution in [3.05, 3.63) is 94.6 Å². The van der Waals surface area contributed by atoms with Crippen LogP contribution in [0.3, 0.4) is 0 Å². The van der Waals surface area contributed by atoms with E-state index in [-0.39, 0.29) is 4.90 Å². The number of hydrogen-bond acceptors (Lipinski definition) is 2. The molecule has 0 spiro atoms. The predicted molar refractivity (Wildman–Crippen MR) is 121 cm³/mol. The zero-order valence-electron chi connectivity index (χ0n) is 15.6. The molecule has 0 N–H and O–H groups in total. The third-order valence-electron chi connectivity index (χ3n) is 4.82. The molecule has 0 aliphatic rings. The number of hydrogen-bond donors (Lipinski definition) is 0. The Balaban J connectivity index is 2.15. The summed E-state index contributed by atoms with van der Waals surface area (Å²) in [6, 6.07) is 19.2. The Hall–Kier alpha value is -2.53. The first-order valence-electron chi connectivity index (χ1n) is 8.88. The van der Waals surface area contributed by atoms with E-state index in [2.05, 4.69) is 6.58 Å². The summed E-state index contributed by atoms with van der Waals surface area (Å²) < 4.78 is 28.5. The quantitative estimate of drug-likeness (QED) is 0.349. The molecule has 3 nitrogen and oxygen atoms in total. The van der Waals surface area contributed by atoms with E-state index in [1.54, 1.807) is 48.5 Å². The smallest absolute Gasteiger partial charge is 0.233 e. The van der Waals surface area contributed by atoms with Crippen LogP contribution in [-0.4, -0.2) is 12.4 Å². The van der Waals surface area contributed by atoms with Gasteiger partial charge in [-0.25, -0.2) is 12.4 Å². The molecule has 0 unspecified atom stereocenters. The molecule has 0 saturated carbocycles. The van der Waals surface area contributed by atoms with Crippen LogP contribution in [-0.2, 0) is 10.0 Å². The van der Waals surface area contributed by atoms with Gasteiger partial charge in [-0.15, -0.1) is 0 Å². The fourth-order valence-corrected chi connectivity index (χ4v) is 5.40. The SMILES string of the molecule is C=Cc1c(-c2ccccc2Cl)c2cc(Cl)ccc2n1S(=O)(=O)c1ccc(C)cc1. The predicted octanol–water partition coefficient (Wildman–Crippen LogP) is 6.80. The van der Waals surface area contributed by atoms with Gasteiger partial charge in [0.15, 0.2) is 0 Å². The molecule has 0 fully saturated rings. The summed E-state index contributed by atoms with van der Waals surface area (Å²) in [5.41, 5.74) is 3.33. The van der Waals surface area contributed by atoms with Crippen LogP contribution < -0.4 is 0 Å². The Morgan fingerprint density at radius 2 is 1.66 bits per heavy atom. The van der Waals surface area contributed by atoms with Gasteiger partial charge in [0.25, 0.3) is 10.0 Å².